The second kappa shape index (κ2) is 8.04. The summed E-state index contributed by atoms with van der Waals surface area (Å²) < 4.78 is 0. The van der Waals surface area contributed by atoms with Crippen molar-refractivity contribution in [3.8, 4) is 9.88 Å². The molecule has 2 aromatic heterocycles. The van der Waals surface area contributed by atoms with Gasteiger partial charge >= 0.3 is 0 Å². The molecule has 1 unspecified atom stereocenters. The minimum absolute atomic E-state index is 0.00248. The first-order valence-electron chi connectivity index (χ1n) is 8.22. The highest BCUT2D eigenvalue weighted by atomic mass is 32.1. The number of hydrogen-bond acceptors (Lipinski definition) is 5. The van der Waals surface area contributed by atoms with Crippen LogP contribution in [-0.4, -0.2) is 42.0 Å². The van der Waals surface area contributed by atoms with Gasteiger partial charge < -0.3 is 10.2 Å². The number of thiazole rings is 1. The van der Waals surface area contributed by atoms with E-state index in [1.165, 1.54) is 37.3 Å². The van der Waals surface area contributed by atoms with Crippen molar-refractivity contribution in [2.75, 3.05) is 26.2 Å². The van der Waals surface area contributed by atoms with Gasteiger partial charge in [-0.3, -0.25) is 4.79 Å². The highest BCUT2D eigenvalue weighted by Gasteiger charge is 2.16. The minimum atomic E-state index is -0.00248. The molecule has 1 aliphatic heterocycles. The summed E-state index contributed by atoms with van der Waals surface area (Å²) in [6.45, 7) is 6.54. The summed E-state index contributed by atoms with van der Waals surface area (Å²) in [6, 6.07) is 4.04. The third-order valence-corrected chi connectivity index (χ3v) is 6.17. The van der Waals surface area contributed by atoms with Crippen LogP contribution in [0.2, 0.25) is 0 Å². The molecule has 0 bridgehead atoms. The molecular weight excluding hydrogens is 326 g/mol. The second-order valence-corrected chi connectivity index (χ2v) is 8.14. The lowest BCUT2D eigenvalue weighted by Gasteiger charge is -2.30. The number of thiophene rings is 1. The Hall–Kier alpha value is -1.24. The number of rotatable bonds is 6. The first-order valence-corrected chi connectivity index (χ1v) is 9.92. The van der Waals surface area contributed by atoms with Crippen LogP contribution in [0.4, 0.5) is 0 Å². The van der Waals surface area contributed by atoms with E-state index in [0.717, 1.165) is 35.3 Å². The van der Waals surface area contributed by atoms with Gasteiger partial charge in [0.15, 0.2) is 0 Å². The van der Waals surface area contributed by atoms with Gasteiger partial charge in [-0.15, -0.1) is 22.7 Å². The summed E-state index contributed by atoms with van der Waals surface area (Å²) >= 11 is 3.11. The number of aromatic nitrogens is 1. The summed E-state index contributed by atoms with van der Waals surface area (Å²) in [7, 11) is 0. The van der Waals surface area contributed by atoms with Gasteiger partial charge in [0.05, 0.1) is 11.1 Å². The zero-order valence-corrected chi connectivity index (χ0v) is 15.1. The molecule has 1 saturated heterocycles. The Labute approximate surface area is 145 Å². The molecule has 0 saturated carbocycles. The number of carbonyl (C=O) groups is 1. The Morgan fingerprint density at radius 3 is 3.22 bits per heavy atom. The minimum Gasteiger partial charge on any atom is -0.351 e. The number of carbonyl (C=O) groups excluding carboxylic acids is 1. The molecule has 0 radical (unpaired) electrons. The monoisotopic (exact) mass is 349 g/mol. The predicted octanol–water partition coefficient (Wildman–Crippen LogP) is 3.72. The van der Waals surface area contributed by atoms with E-state index in [4.69, 9.17) is 0 Å². The lowest BCUT2D eigenvalue weighted by Crippen LogP contribution is -2.36. The summed E-state index contributed by atoms with van der Waals surface area (Å²) in [5, 5.41) is 5.97. The molecule has 1 fully saturated rings. The van der Waals surface area contributed by atoms with E-state index in [1.54, 1.807) is 17.5 Å². The lowest BCUT2D eigenvalue weighted by atomic mass is 10.0. The van der Waals surface area contributed by atoms with E-state index in [9.17, 15) is 4.79 Å². The summed E-state index contributed by atoms with van der Waals surface area (Å²) in [4.78, 5) is 20.9. The quantitative estimate of drug-likeness (QED) is 0.809. The Morgan fingerprint density at radius 1 is 1.52 bits per heavy atom. The summed E-state index contributed by atoms with van der Waals surface area (Å²) in [5.74, 6) is 0.809. The fourth-order valence-electron chi connectivity index (χ4n) is 2.97. The number of nitrogens with zero attached hydrogens (tertiary/aromatic N) is 2. The van der Waals surface area contributed by atoms with E-state index in [0.29, 0.717) is 4.88 Å². The predicted molar refractivity (Wildman–Crippen MR) is 97.2 cm³/mol. The maximum absolute atomic E-state index is 12.2. The molecule has 1 amide bonds. The van der Waals surface area contributed by atoms with Crippen LogP contribution in [0.25, 0.3) is 9.88 Å². The van der Waals surface area contributed by atoms with E-state index < -0.39 is 0 Å². The van der Waals surface area contributed by atoms with Crippen LogP contribution in [0, 0.1) is 5.92 Å². The molecule has 1 atom stereocenters. The molecule has 124 valence electrons. The van der Waals surface area contributed by atoms with Gasteiger partial charge in [-0.1, -0.05) is 13.0 Å². The normalized spacial score (nSPS) is 18.9. The maximum atomic E-state index is 12.2. The number of likely N-dealkylation sites (tertiary alicyclic amines) is 1. The maximum Gasteiger partial charge on any atom is 0.263 e. The van der Waals surface area contributed by atoms with Crippen LogP contribution >= 0.6 is 22.7 Å². The molecule has 6 heteroatoms. The van der Waals surface area contributed by atoms with E-state index >= 15 is 0 Å². The van der Waals surface area contributed by atoms with E-state index in [2.05, 4.69) is 22.1 Å². The van der Waals surface area contributed by atoms with Crippen LogP contribution in [-0.2, 0) is 0 Å². The van der Waals surface area contributed by atoms with Crippen LogP contribution in [0.1, 0.15) is 35.9 Å². The molecular formula is C17H23N3OS2. The smallest absolute Gasteiger partial charge is 0.263 e. The fraction of sp³-hybridized carbons (Fsp3) is 0.529. The fourth-order valence-corrected chi connectivity index (χ4v) is 4.61. The van der Waals surface area contributed by atoms with Crippen molar-refractivity contribution in [2.24, 2.45) is 5.92 Å². The standard InChI is InChI=1S/C17H23N3OS2/c1-13-5-2-8-20(12-13)9-4-7-18-16(21)15-11-19-17(23-15)14-6-3-10-22-14/h3,6,10-11,13H,2,4-5,7-9,12H2,1H3,(H,18,21). The third kappa shape index (κ3) is 4.62. The average molecular weight is 350 g/mol. The first kappa shape index (κ1) is 16.6. The third-order valence-electron chi connectivity index (χ3n) is 4.14. The van der Waals surface area contributed by atoms with Gasteiger partial charge in [-0.25, -0.2) is 4.98 Å². The zero-order chi connectivity index (χ0) is 16.1. The highest BCUT2D eigenvalue weighted by Crippen LogP contribution is 2.28. The van der Waals surface area contributed by atoms with Gasteiger partial charge in [0, 0.05) is 13.1 Å². The van der Waals surface area contributed by atoms with Crippen LogP contribution in [0.5, 0.6) is 0 Å². The van der Waals surface area contributed by atoms with Gasteiger partial charge in [0.2, 0.25) is 0 Å². The summed E-state index contributed by atoms with van der Waals surface area (Å²) in [5.41, 5.74) is 0. The average Bonchev–Trinajstić information content (AvgIpc) is 3.21. The van der Waals surface area contributed by atoms with Gasteiger partial charge in [0.25, 0.3) is 5.91 Å². The van der Waals surface area contributed by atoms with Crippen LogP contribution < -0.4 is 5.32 Å². The van der Waals surface area contributed by atoms with Crippen molar-refractivity contribution in [2.45, 2.75) is 26.2 Å². The van der Waals surface area contributed by atoms with Crippen molar-refractivity contribution in [3.63, 3.8) is 0 Å². The van der Waals surface area contributed by atoms with Gasteiger partial charge in [-0.05, 0) is 49.7 Å². The number of nitrogens with one attached hydrogen (secondary N) is 1. The molecule has 2 aromatic rings. The Balaban J connectivity index is 1.41. The largest absolute Gasteiger partial charge is 0.351 e. The highest BCUT2D eigenvalue weighted by molar-refractivity contribution is 7.21. The molecule has 0 aliphatic carbocycles. The molecule has 4 nitrogen and oxygen atoms in total. The van der Waals surface area contributed by atoms with Crippen LogP contribution in [0.3, 0.4) is 0 Å². The van der Waals surface area contributed by atoms with Crippen molar-refractivity contribution in [1.29, 1.82) is 0 Å². The van der Waals surface area contributed by atoms with E-state index in [1.807, 2.05) is 17.5 Å². The topological polar surface area (TPSA) is 45.2 Å². The lowest BCUT2D eigenvalue weighted by molar-refractivity contribution is 0.0954. The zero-order valence-electron chi connectivity index (χ0n) is 13.5. The number of amides is 1. The molecule has 0 aromatic carbocycles. The molecule has 3 rings (SSSR count). The first-order chi connectivity index (χ1) is 11.2. The molecule has 1 aliphatic rings. The molecule has 3 heterocycles. The van der Waals surface area contributed by atoms with Crippen molar-refractivity contribution in [1.82, 2.24) is 15.2 Å². The SMILES string of the molecule is CC1CCCN(CCCNC(=O)c2cnc(-c3cccs3)s2)C1. The summed E-state index contributed by atoms with van der Waals surface area (Å²) in [6.07, 6.45) is 5.35. The van der Waals surface area contributed by atoms with Crippen LogP contribution in [0.15, 0.2) is 23.7 Å². The van der Waals surface area contributed by atoms with Crippen molar-refractivity contribution in [3.05, 3.63) is 28.6 Å². The van der Waals surface area contributed by atoms with Crippen molar-refractivity contribution >= 4 is 28.6 Å². The van der Waals surface area contributed by atoms with E-state index in [-0.39, 0.29) is 5.91 Å². The molecule has 23 heavy (non-hydrogen) atoms. The van der Waals surface area contributed by atoms with Gasteiger partial charge in [-0.2, -0.15) is 0 Å². The number of hydrogen-bond donors (Lipinski definition) is 1. The Bertz CT molecular complexity index is 624. The van der Waals surface area contributed by atoms with Crippen molar-refractivity contribution < 1.29 is 4.79 Å². The number of piperidine rings is 1. The second-order valence-electron chi connectivity index (χ2n) is 6.16. The Morgan fingerprint density at radius 2 is 2.43 bits per heavy atom. The molecule has 1 N–H and O–H groups in total. The Kier molecular flexibility index (Phi) is 5.80. The molecule has 0 spiro atoms. The van der Waals surface area contributed by atoms with Gasteiger partial charge in [0.1, 0.15) is 9.88 Å².